The van der Waals surface area contributed by atoms with Gasteiger partial charge in [0.05, 0.1) is 12.8 Å². The van der Waals surface area contributed by atoms with E-state index in [1.165, 1.54) is 0 Å². The van der Waals surface area contributed by atoms with Gasteiger partial charge in [-0.1, -0.05) is 12.1 Å². The molecule has 0 saturated carbocycles. The van der Waals surface area contributed by atoms with E-state index in [1.54, 1.807) is 7.11 Å². The summed E-state index contributed by atoms with van der Waals surface area (Å²) >= 11 is 0. The molecule has 0 bridgehead atoms. The number of aryl methyl sites for hydroxylation is 2. The van der Waals surface area contributed by atoms with Crippen LogP contribution in [0.5, 0.6) is 5.75 Å². The van der Waals surface area contributed by atoms with E-state index >= 15 is 0 Å². The molecule has 0 aliphatic heterocycles. The van der Waals surface area contributed by atoms with Gasteiger partial charge < -0.3 is 10.5 Å². The van der Waals surface area contributed by atoms with E-state index in [-0.39, 0.29) is 6.04 Å². The Hall–Kier alpha value is -1.81. The number of methoxy groups -OCH3 is 1. The van der Waals surface area contributed by atoms with Crippen molar-refractivity contribution in [2.24, 2.45) is 12.8 Å². The molecule has 0 aliphatic rings. The van der Waals surface area contributed by atoms with Gasteiger partial charge in [-0.05, 0) is 30.7 Å². The van der Waals surface area contributed by atoms with Crippen molar-refractivity contribution in [2.45, 2.75) is 19.4 Å². The lowest BCUT2D eigenvalue weighted by Gasteiger charge is -2.13. The average molecular weight is 245 g/mol. The van der Waals surface area contributed by atoms with Crippen molar-refractivity contribution in [1.29, 1.82) is 0 Å². The van der Waals surface area contributed by atoms with Gasteiger partial charge in [-0.3, -0.25) is 4.68 Å². The summed E-state index contributed by atoms with van der Waals surface area (Å²) in [6, 6.07) is 9.91. The lowest BCUT2D eigenvalue weighted by molar-refractivity contribution is 0.413. The maximum atomic E-state index is 6.23. The van der Waals surface area contributed by atoms with Crippen LogP contribution in [0.25, 0.3) is 0 Å². The molecular weight excluding hydrogens is 226 g/mol. The van der Waals surface area contributed by atoms with Crippen molar-refractivity contribution in [2.75, 3.05) is 7.11 Å². The number of nitrogens with zero attached hydrogens (tertiary/aromatic N) is 2. The molecule has 0 aliphatic carbocycles. The molecular formula is C14H19N3O. The first kappa shape index (κ1) is 12.6. The van der Waals surface area contributed by atoms with Crippen molar-refractivity contribution in [3.05, 3.63) is 47.3 Å². The molecule has 0 spiro atoms. The molecule has 2 aromatic rings. The number of benzene rings is 1. The third-order valence-corrected chi connectivity index (χ3v) is 3.05. The Morgan fingerprint density at radius 3 is 2.78 bits per heavy atom. The molecule has 4 heteroatoms. The number of ether oxygens (including phenoxy) is 1. The summed E-state index contributed by atoms with van der Waals surface area (Å²) in [5, 5.41) is 4.33. The molecule has 0 radical (unpaired) electrons. The van der Waals surface area contributed by atoms with Gasteiger partial charge in [0.25, 0.3) is 0 Å². The number of hydrogen-bond acceptors (Lipinski definition) is 3. The van der Waals surface area contributed by atoms with Crippen LogP contribution in [-0.4, -0.2) is 16.9 Å². The summed E-state index contributed by atoms with van der Waals surface area (Å²) < 4.78 is 7.09. The lowest BCUT2D eigenvalue weighted by atomic mass is 10.0. The fourth-order valence-electron chi connectivity index (χ4n) is 2.07. The van der Waals surface area contributed by atoms with Crippen LogP contribution >= 0.6 is 0 Å². The van der Waals surface area contributed by atoms with Crippen LogP contribution in [0.4, 0.5) is 0 Å². The normalized spacial score (nSPS) is 12.4. The van der Waals surface area contributed by atoms with Gasteiger partial charge in [-0.15, -0.1) is 0 Å². The maximum absolute atomic E-state index is 6.23. The van der Waals surface area contributed by atoms with Gasteiger partial charge in [-0.25, -0.2) is 0 Å². The first-order chi connectivity index (χ1) is 8.60. The fraction of sp³-hybridized carbons (Fsp3) is 0.357. The van der Waals surface area contributed by atoms with E-state index in [2.05, 4.69) is 11.2 Å². The molecule has 2 N–H and O–H groups in total. The van der Waals surface area contributed by atoms with E-state index < -0.39 is 0 Å². The first-order valence-electron chi connectivity index (χ1n) is 5.99. The molecule has 96 valence electrons. The molecule has 1 atom stereocenters. The van der Waals surface area contributed by atoms with Crippen LogP contribution in [0.3, 0.4) is 0 Å². The van der Waals surface area contributed by atoms with Crippen LogP contribution in [0.2, 0.25) is 0 Å². The quantitative estimate of drug-likeness (QED) is 0.896. The second-order valence-electron chi connectivity index (χ2n) is 4.49. The summed E-state index contributed by atoms with van der Waals surface area (Å²) in [6.07, 6.45) is 0.768. The first-order valence-corrected chi connectivity index (χ1v) is 5.99. The van der Waals surface area contributed by atoms with Crippen molar-refractivity contribution < 1.29 is 4.74 Å². The Bertz CT molecular complexity index is 534. The van der Waals surface area contributed by atoms with Gasteiger partial charge in [0.2, 0.25) is 0 Å². The van der Waals surface area contributed by atoms with Gasteiger partial charge in [0, 0.05) is 25.2 Å². The van der Waals surface area contributed by atoms with Crippen LogP contribution < -0.4 is 10.5 Å². The zero-order chi connectivity index (χ0) is 13.1. The monoisotopic (exact) mass is 245 g/mol. The molecule has 0 fully saturated rings. The van der Waals surface area contributed by atoms with Gasteiger partial charge in [-0.2, -0.15) is 5.10 Å². The van der Waals surface area contributed by atoms with Crippen molar-refractivity contribution in [1.82, 2.24) is 9.78 Å². The number of rotatable bonds is 4. The molecule has 1 aromatic heterocycles. The Morgan fingerprint density at radius 2 is 2.17 bits per heavy atom. The minimum atomic E-state index is -0.0464. The minimum Gasteiger partial charge on any atom is -0.497 e. The summed E-state index contributed by atoms with van der Waals surface area (Å²) in [5.41, 5.74) is 9.47. The van der Waals surface area contributed by atoms with Crippen molar-refractivity contribution >= 4 is 0 Å². The van der Waals surface area contributed by atoms with Gasteiger partial charge >= 0.3 is 0 Å². The molecule has 2 rings (SSSR count). The van der Waals surface area contributed by atoms with E-state index in [0.29, 0.717) is 0 Å². The van der Waals surface area contributed by atoms with E-state index in [1.807, 2.05) is 42.9 Å². The highest BCUT2D eigenvalue weighted by molar-refractivity contribution is 5.31. The fourth-order valence-corrected chi connectivity index (χ4v) is 2.07. The summed E-state index contributed by atoms with van der Waals surface area (Å²) in [4.78, 5) is 0. The third kappa shape index (κ3) is 2.71. The highest BCUT2D eigenvalue weighted by Gasteiger charge is 2.11. The van der Waals surface area contributed by atoms with Crippen LogP contribution in [0, 0.1) is 6.92 Å². The molecule has 18 heavy (non-hydrogen) atoms. The molecule has 4 nitrogen and oxygen atoms in total. The molecule has 1 aromatic carbocycles. The summed E-state index contributed by atoms with van der Waals surface area (Å²) in [5.74, 6) is 0.837. The van der Waals surface area contributed by atoms with Crippen LogP contribution in [-0.2, 0) is 13.5 Å². The Labute approximate surface area is 107 Å². The third-order valence-electron chi connectivity index (χ3n) is 3.05. The van der Waals surface area contributed by atoms with Crippen molar-refractivity contribution in [3.8, 4) is 5.75 Å². The van der Waals surface area contributed by atoms with E-state index in [9.17, 15) is 0 Å². The van der Waals surface area contributed by atoms with Gasteiger partial charge in [0.1, 0.15) is 5.75 Å². The zero-order valence-corrected chi connectivity index (χ0v) is 11.1. The minimum absolute atomic E-state index is 0.0464. The SMILES string of the molecule is COc1cccc(C(N)Cc2cc(C)nn2C)c1. The average Bonchev–Trinajstić information content (AvgIpc) is 2.68. The largest absolute Gasteiger partial charge is 0.497 e. The topological polar surface area (TPSA) is 53.1 Å². The second kappa shape index (κ2) is 5.23. The van der Waals surface area contributed by atoms with Gasteiger partial charge in [0.15, 0.2) is 0 Å². The highest BCUT2D eigenvalue weighted by atomic mass is 16.5. The predicted molar refractivity (Wildman–Crippen MR) is 71.6 cm³/mol. The highest BCUT2D eigenvalue weighted by Crippen LogP contribution is 2.20. The number of aromatic nitrogens is 2. The summed E-state index contributed by atoms with van der Waals surface area (Å²) in [7, 11) is 3.61. The number of nitrogens with two attached hydrogens (primary N) is 1. The van der Waals surface area contributed by atoms with Crippen molar-refractivity contribution in [3.63, 3.8) is 0 Å². The molecule has 1 unspecified atom stereocenters. The Balaban J connectivity index is 2.16. The van der Waals surface area contributed by atoms with Crippen LogP contribution in [0.15, 0.2) is 30.3 Å². The van der Waals surface area contributed by atoms with Crippen LogP contribution in [0.1, 0.15) is 23.0 Å². The zero-order valence-electron chi connectivity index (χ0n) is 11.1. The smallest absolute Gasteiger partial charge is 0.119 e. The number of hydrogen-bond donors (Lipinski definition) is 1. The maximum Gasteiger partial charge on any atom is 0.119 e. The predicted octanol–water partition coefficient (Wildman–Crippen LogP) is 1.98. The van der Waals surface area contributed by atoms with E-state index in [4.69, 9.17) is 10.5 Å². The Kier molecular flexibility index (Phi) is 3.67. The Morgan fingerprint density at radius 1 is 1.39 bits per heavy atom. The van der Waals surface area contributed by atoms with E-state index in [0.717, 1.165) is 29.1 Å². The molecule has 1 heterocycles. The molecule has 0 amide bonds. The standard InChI is InChI=1S/C14H19N3O/c1-10-7-12(17(2)16-10)9-14(15)11-5-4-6-13(8-11)18-3/h4-8,14H,9,15H2,1-3H3. The molecule has 0 saturated heterocycles. The lowest BCUT2D eigenvalue weighted by Crippen LogP contribution is -2.15. The summed E-state index contributed by atoms with van der Waals surface area (Å²) in [6.45, 7) is 1.99. The second-order valence-corrected chi connectivity index (χ2v) is 4.49.